The number of anilines is 1. The van der Waals surface area contributed by atoms with Gasteiger partial charge in [-0.2, -0.15) is 4.98 Å². The third-order valence-corrected chi connectivity index (χ3v) is 6.10. The van der Waals surface area contributed by atoms with Crippen LogP contribution in [-0.4, -0.2) is 45.3 Å². The summed E-state index contributed by atoms with van der Waals surface area (Å²) in [6, 6.07) is 12.8. The van der Waals surface area contributed by atoms with Gasteiger partial charge in [0.25, 0.3) is 5.56 Å². The summed E-state index contributed by atoms with van der Waals surface area (Å²) in [5, 5.41) is 5.38. The fraction of sp³-hybridized carbons (Fsp3) is 0.273. The minimum absolute atomic E-state index is 0.289. The topological polar surface area (TPSA) is 81.7 Å². The van der Waals surface area contributed by atoms with E-state index in [4.69, 9.17) is 9.84 Å². The highest BCUT2D eigenvalue weighted by atomic mass is 79.9. The second-order valence-corrected chi connectivity index (χ2v) is 8.43. The van der Waals surface area contributed by atoms with E-state index >= 15 is 0 Å². The highest BCUT2D eigenvalue weighted by molar-refractivity contribution is 9.10. The van der Waals surface area contributed by atoms with Crippen molar-refractivity contribution in [3.8, 4) is 0 Å². The molecule has 2 aromatic carbocycles. The van der Waals surface area contributed by atoms with Crippen LogP contribution in [0.4, 0.5) is 5.95 Å². The SMILES string of the molecule is COC(=O)c1ccccc1Cn1nc(N2CCCC2)n2c3ccc(Br)cc3c(=O)nc12. The summed E-state index contributed by atoms with van der Waals surface area (Å²) in [7, 11) is 1.36. The maximum atomic E-state index is 12.8. The van der Waals surface area contributed by atoms with Crippen molar-refractivity contribution >= 4 is 44.5 Å². The predicted molar refractivity (Wildman–Crippen MR) is 121 cm³/mol. The zero-order valence-electron chi connectivity index (χ0n) is 16.9. The number of aromatic nitrogens is 4. The second-order valence-electron chi connectivity index (χ2n) is 7.51. The van der Waals surface area contributed by atoms with Crippen molar-refractivity contribution in [2.75, 3.05) is 25.1 Å². The van der Waals surface area contributed by atoms with E-state index in [0.29, 0.717) is 16.7 Å². The average Bonchev–Trinajstić information content (AvgIpc) is 3.42. The Bertz CT molecular complexity index is 1370. The number of nitrogens with zero attached hydrogens (tertiary/aromatic N) is 5. The highest BCUT2D eigenvalue weighted by Gasteiger charge is 2.23. The molecule has 3 heterocycles. The van der Waals surface area contributed by atoms with Crippen LogP contribution in [0, 0.1) is 0 Å². The van der Waals surface area contributed by atoms with E-state index in [0.717, 1.165) is 47.4 Å². The number of ether oxygens (including phenoxy) is 1. The lowest BCUT2D eigenvalue weighted by Gasteiger charge is -2.15. The van der Waals surface area contributed by atoms with E-state index in [2.05, 4.69) is 25.8 Å². The molecule has 0 saturated carbocycles. The lowest BCUT2D eigenvalue weighted by Crippen LogP contribution is -2.21. The van der Waals surface area contributed by atoms with Gasteiger partial charge in [0.15, 0.2) is 0 Å². The smallest absolute Gasteiger partial charge is 0.338 e. The molecule has 0 bridgehead atoms. The second kappa shape index (κ2) is 7.81. The third kappa shape index (κ3) is 3.38. The van der Waals surface area contributed by atoms with Gasteiger partial charge in [0, 0.05) is 17.6 Å². The number of hydrogen-bond acceptors (Lipinski definition) is 6. The largest absolute Gasteiger partial charge is 0.465 e. The van der Waals surface area contributed by atoms with Crippen LogP contribution in [-0.2, 0) is 11.3 Å². The van der Waals surface area contributed by atoms with Gasteiger partial charge in [0.05, 0.1) is 30.1 Å². The molecule has 9 heteroatoms. The summed E-state index contributed by atoms with van der Waals surface area (Å²) in [5.74, 6) is 0.788. The predicted octanol–water partition coefficient (Wildman–Crippen LogP) is 3.24. The van der Waals surface area contributed by atoms with Gasteiger partial charge in [-0.05, 0) is 42.7 Å². The molecule has 31 heavy (non-hydrogen) atoms. The average molecular weight is 482 g/mol. The van der Waals surface area contributed by atoms with Crippen LogP contribution in [0.5, 0.6) is 0 Å². The van der Waals surface area contributed by atoms with Gasteiger partial charge in [-0.25, -0.2) is 13.9 Å². The van der Waals surface area contributed by atoms with Crippen LogP contribution in [0.25, 0.3) is 16.7 Å². The van der Waals surface area contributed by atoms with Crippen molar-refractivity contribution in [1.29, 1.82) is 0 Å². The first-order valence-electron chi connectivity index (χ1n) is 10.1. The number of carbonyl (C=O) groups excluding carboxylic acids is 1. The van der Waals surface area contributed by atoms with Crippen LogP contribution >= 0.6 is 15.9 Å². The van der Waals surface area contributed by atoms with E-state index in [1.54, 1.807) is 22.9 Å². The molecule has 5 rings (SSSR count). The van der Waals surface area contributed by atoms with Crippen molar-refractivity contribution < 1.29 is 9.53 Å². The molecule has 1 saturated heterocycles. The summed E-state index contributed by atoms with van der Waals surface area (Å²) >= 11 is 3.44. The van der Waals surface area contributed by atoms with E-state index in [-0.39, 0.29) is 12.1 Å². The van der Waals surface area contributed by atoms with Crippen LogP contribution in [0.1, 0.15) is 28.8 Å². The van der Waals surface area contributed by atoms with Gasteiger partial charge in [-0.3, -0.25) is 4.79 Å². The fourth-order valence-corrected chi connectivity index (χ4v) is 4.47. The zero-order valence-corrected chi connectivity index (χ0v) is 18.5. The Hall–Kier alpha value is -3.20. The molecule has 0 atom stereocenters. The number of esters is 1. The van der Waals surface area contributed by atoms with Crippen molar-refractivity contribution in [3.05, 3.63) is 68.4 Å². The van der Waals surface area contributed by atoms with E-state index < -0.39 is 5.97 Å². The van der Waals surface area contributed by atoms with Crippen molar-refractivity contribution in [2.24, 2.45) is 0 Å². The van der Waals surface area contributed by atoms with Gasteiger partial charge >= 0.3 is 5.97 Å². The maximum absolute atomic E-state index is 12.8. The Morgan fingerprint density at radius 2 is 1.94 bits per heavy atom. The van der Waals surface area contributed by atoms with Crippen LogP contribution in [0.2, 0.25) is 0 Å². The number of fused-ring (bicyclic) bond motifs is 3. The number of carbonyl (C=O) groups is 1. The van der Waals surface area contributed by atoms with Gasteiger partial charge < -0.3 is 9.64 Å². The summed E-state index contributed by atoms with van der Waals surface area (Å²) in [6.45, 7) is 2.08. The quantitative estimate of drug-likeness (QED) is 0.416. The Kier molecular flexibility index (Phi) is 4.97. The number of halogens is 1. The normalized spacial score (nSPS) is 13.9. The molecule has 0 amide bonds. The molecule has 1 aliphatic heterocycles. The summed E-state index contributed by atoms with van der Waals surface area (Å²) in [6.07, 6.45) is 2.19. The summed E-state index contributed by atoms with van der Waals surface area (Å²) in [4.78, 5) is 31.6. The molecule has 2 aromatic heterocycles. The molecule has 1 fully saturated rings. The van der Waals surface area contributed by atoms with Gasteiger partial charge in [-0.15, -0.1) is 5.10 Å². The zero-order chi connectivity index (χ0) is 21.5. The van der Waals surface area contributed by atoms with Crippen molar-refractivity contribution in [1.82, 2.24) is 19.2 Å². The lowest BCUT2D eigenvalue weighted by molar-refractivity contribution is 0.0599. The Labute approximate surface area is 186 Å². The third-order valence-electron chi connectivity index (χ3n) is 5.60. The number of benzene rings is 2. The van der Waals surface area contributed by atoms with Gasteiger partial charge in [0.1, 0.15) is 0 Å². The number of methoxy groups -OCH3 is 1. The van der Waals surface area contributed by atoms with Crippen molar-refractivity contribution in [2.45, 2.75) is 19.4 Å². The molecule has 0 aliphatic carbocycles. The van der Waals surface area contributed by atoms with E-state index in [1.165, 1.54) is 7.11 Å². The maximum Gasteiger partial charge on any atom is 0.338 e. The minimum atomic E-state index is -0.410. The standard InChI is InChI=1S/C22H20BrN5O3/c1-31-20(30)16-7-3-2-6-14(16)13-27-21-24-19(29)17-12-15(23)8-9-18(17)28(21)22(25-27)26-10-4-5-11-26/h2-3,6-9,12H,4-5,10-11,13H2,1H3. The molecule has 0 spiro atoms. The monoisotopic (exact) mass is 481 g/mol. The number of rotatable bonds is 4. The van der Waals surface area contributed by atoms with Crippen LogP contribution in [0.15, 0.2) is 51.7 Å². The first kappa shape index (κ1) is 19.7. The molecule has 1 aliphatic rings. The van der Waals surface area contributed by atoms with E-state index in [9.17, 15) is 9.59 Å². The molecule has 0 radical (unpaired) electrons. The van der Waals surface area contributed by atoms with Crippen molar-refractivity contribution in [3.63, 3.8) is 0 Å². The molecule has 0 N–H and O–H groups in total. The fourth-order valence-electron chi connectivity index (χ4n) is 4.11. The first-order chi connectivity index (χ1) is 15.1. The van der Waals surface area contributed by atoms with E-state index in [1.807, 2.05) is 28.7 Å². The molecule has 8 nitrogen and oxygen atoms in total. The van der Waals surface area contributed by atoms with Crippen LogP contribution in [0.3, 0.4) is 0 Å². The van der Waals surface area contributed by atoms with Crippen LogP contribution < -0.4 is 10.5 Å². The van der Waals surface area contributed by atoms with Gasteiger partial charge in [0.2, 0.25) is 11.7 Å². The molecular formula is C22H20BrN5O3. The summed E-state index contributed by atoms with van der Waals surface area (Å²) in [5.41, 5.74) is 1.66. The summed E-state index contributed by atoms with van der Waals surface area (Å²) < 4.78 is 9.38. The molecule has 0 unspecified atom stereocenters. The Morgan fingerprint density at radius 1 is 1.16 bits per heavy atom. The number of hydrogen-bond donors (Lipinski definition) is 0. The Morgan fingerprint density at radius 3 is 2.71 bits per heavy atom. The first-order valence-corrected chi connectivity index (χ1v) is 10.9. The Balaban J connectivity index is 1.75. The highest BCUT2D eigenvalue weighted by Crippen LogP contribution is 2.26. The van der Waals surface area contributed by atoms with Gasteiger partial charge in [-0.1, -0.05) is 34.1 Å². The minimum Gasteiger partial charge on any atom is -0.465 e. The lowest BCUT2D eigenvalue weighted by atomic mass is 10.1. The molecule has 158 valence electrons. The molecule has 4 aromatic rings. The molecular weight excluding hydrogens is 462 g/mol.